The van der Waals surface area contributed by atoms with Crippen molar-refractivity contribution in [1.82, 2.24) is 18.9 Å². The molecule has 4 rings (SSSR count). The Morgan fingerprint density at radius 1 is 1.19 bits per heavy atom. The van der Waals surface area contributed by atoms with Crippen molar-refractivity contribution >= 4 is 17.3 Å². The summed E-state index contributed by atoms with van der Waals surface area (Å²) in [5.41, 5.74) is 4.40. The molecule has 1 atom stereocenters. The first-order chi connectivity index (χ1) is 14.8. The molecule has 31 heavy (non-hydrogen) atoms. The van der Waals surface area contributed by atoms with Crippen molar-refractivity contribution < 1.29 is 9.90 Å². The molecule has 0 aliphatic rings. The van der Waals surface area contributed by atoms with Gasteiger partial charge < -0.3 is 15.0 Å². The highest BCUT2D eigenvalue weighted by molar-refractivity contribution is 5.94. The molecule has 0 saturated heterocycles. The summed E-state index contributed by atoms with van der Waals surface area (Å²) in [7, 11) is 1.86. The maximum atomic E-state index is 13.1. The number of aromatic carboxylic acids is 1. The molecular weight excluding hydrogens is 394 g/mol. The molecule has 2 N–H and O–H groups in total. The number of pyridine rings is 1. The third-order valence-electron chi connectivity index (χ3n) is 5.26. The zero-order valence-electron chi connectivity index (χ0n) is 17.7. The number of nitrogens with zero attached hydrogens (tertiary/aromatic N) is 4. The first kappa shape index (κ1) is 20.3. The Bertz CT molecular complexity index is 1370. The van der Waals surface area contributed by atoms with Gasteiger partial charge in [0.05, 0.1) is 17.9 Å². The van der Waals surface area contributed by atoms with Gasteiger partial charge in [-0.3, -0.25) is 9.20 Å². The predicted octanol–water partition coefficient (Wildman–Crippen LogP) is 3.58. The van der Waals surface area contributed by atoms with E-state index >= 15 is 0 Å². The Morgan fingerprint density at radius 2 is 1.94 bits per heavy atom. The highest BCUT2D eigenvalue weighted by Gasteiger charge is 2.19. The van der Waals surface area contributed by atoms with E-state index < -0.39 is 5.97 Å². The molecule has 8 nitrogen and oxygen atoms in total. The van der Waals surface area contributed by atoms with Gasteiger partial charge in [0.15, 0.2) is 0 Å². The molecule has 3 heterocycles. The van der Waals surface area contributed by atoms with Crippen LogP contribution in [0.3, 0.4) is 0 Å². The van der Waals surface area contributed by atoms with Gasteiger partial charge in [-0.05, 0) is 44.5 Å². The molecule has 0 bridgehead atoms. The number of aryl methyl sites for hydroxylation is 2. The van der Waals surface area contributed by atoms with Gasteiger partial charge in [-0.15, -0.1) is 0 Å². The lowest BCUT2D eigenvalue weighted by molar-refractivity contribution is 0.0698. The molecule has 0 spiro atoms. The van der Waals surface area contributed by atoms with Crippen LogP contribution in [0.25, 0.3) is 17.0 Å². The Morgan fingerprint density at radius 3 is 2.61 bits per heavy atom. The van der Waals surface area contributed by atoms with Crippen LogP contribution in [-0.2, 0) is 7.05 Å². The van der Waals surface area contributed by atoms with Crippen molar-refractivity contribution in [3.8, 4) is 11.4 Å². The summed E-state index contributed by atoms with van der Waals surface area (Å²) in [5.74, 6) is -1.01. The van der Waals surface area contributed by atoms with E-state index in [2.05, 4.69) is 10.3 Å². The van der Waals surface area contributed by atoms with Crippen LogP contribution in [0.4, 0.5) is 5.69 Å². The van der Waals surface area contributed by atoms with Gasteiger partial charge in [-0.2, -0.15) is 0 Å². The maximum Gasteiger partial charge on any atom is 0.337 e. The van der Waals surface area contributed by atoms with Crippen molar-refractivity contribution in [2.45, 2.75) is 26.8 Å². The molecular formula is C23H23N5O3. The number of carbonyl (C=O) groups is 1. The second-order valence-electron chi connectivity index (χ2n) is 7.70. The Labute approximate surface area is 178 Å². The van der Waals surface area contributed by atoms with Gasteiger partial charge in [0.2, 0.25) is 0 Å². The molecule has 0 radical (unpaired) electrons. The number of para-hydroxylation sites is 1. The van der Waals surface area contributed by atoms with Crippen LogP contribution in [0.15, 0.2) is 53.8 Å². The molecule has 0 fully saturated rings. The average Bonchev–Trinajstić information content (AvgIpc) is 3.16. The average molecular weight is 417 g/mol. The number of fused-ring (bicyclic) bond motifs is 1. The van der Waals surface area contributed by atoms with Gasteiger partial charge >= 0.3 is 5.97 Å². The molecule has 0 saturated carbocycles. The molecule has 158 valence electrons. The van der Waals surface area contributed by atoms with Crippen LogP contribution in [0.2, 0.25) is 0 Å². The van der Waals surface area contributed by atoms with E-state index in [1.54, 1.807) is 52.7 Å². The normalized spacial score (nSPS) is 12.1. The number of carboxylic acids is 1. The van der Waals surface area contributed by atoms with Gasteiger partial charge in [-0.1, -0.05) is 12.1 Å². The highest BCUT2D eigenvalue weighted by atomic mass is 16.4. The fraction of sp³-hybridized carbons (Fsp3) is 0.217. The highest BCUT2D eigenvalue weighted by Crippen LogP contribution is 2.27. The van der Waals surface area contributed by atoms with E-state index in [0.717, 1.165) is 11.1 Å². The number of rotatable bonds is 5. The standard InChI is InChI=1S/C23H23N5O3/c1-13-9-17(15(3)25-18-8-6-5-7-16(18)23(30)31)21-26-20(19-11-27(4)12-24-19)14(2)22(29)28(21)10-13/h5-12,15,25H,1-4H3,(H,30,31)/t15-/m1/s1. The predicted molar refractivity (Wildman–Crippen MR) is 119 cm³/mol. The quantitative estimate of drug-likeness (QED) is 0.515. The maximum absolute atomic E-state index is 13.1. The third kappa shape index (κ3) is 3.68. The summed E-state index contributed by atoms with van der Waals surface area (Å²) in [6, 6.07) is 8.39. The first-order valence-electron chi connectivity index (χ1n) is 9.87. The number of aromatic nitrogens is 4. The van der Waals surface area contributed by atoms with Gasteiger partial charge in [0, 0.05) is 36.3 Å². The summed E-state index contributed by atoms with van der Waals surface area (Å²) in [4.78, 5) is 33.9. The van der Waals surface area contributed by atoms with E-state index in [-0.39, 0.29) is 17.2 Å². The Kier molecular flexibility index (Phi) is 5.06. The van der Waals surface area contributed by atoms with Crippen molar-refractivity contribution in [2.75, 3.05) is 5.32 Å². The van der Waals surface area contributed by atoms with Crippen molar-refractivity contribution in [3.63, 3.8) is 0 Å². The third-order valence-corrected chi connectivity index (χ3v) is 5.26. The zero-order valence-corrected chi connectivity index (χ0v) is 17.7. The van der Waals surface area contributed by atoms with Gasteiger partial charge in [0.1, 0.15) is 17.0 Å². The first-order valence-corrected chi connectivity index (χ1v) is 9.87. The van der Waals surface area contributed by atoms with Crippen LogP contribution in [0.1, 0.15) is 40.0 Å². The minimum absolute atomic E-state index is 0.159. The minimum Gasteiger partial charge on any atom is -0.478 e. The smallest absolute Gasteiger partial charge is 0.337 e. The van der Waals surface area contributed by atoms with Gasteiger partial charge in [0.25, 0.3) is 5.56 Å². The fourth-order valence-electron chi connectivity index (χ4n) is 3.71. The molecule has 0 aliphatic carbocycles. The molecule has 0 amide bonds. The molecule has 0 aliphatic heterocycles. The number of anilines is 1. The van der Waals surface area contributed by atoms with Crippen LogP contribution in [0, 0.1) is 13.8 Å². The second kappa shape index (κ2) is 7.71. The van der Waals surface area contributed by atoms with Crippen LogP contribution in [0.5, 0.6) is 0 Å². The largest absolute Gasteiger partial charge is 0.478 e. The lowest BCUT2D eigenvalue weighted by atomic mass is 10.1. The zero-order chi connectivity index (χ0) is 22.3. The monoisotopic (exact) mass is 417 g/mol. The molecule has 3 aromatic heterocycles. The van der Waals surface area contributed by atoms with E-state index in [4.69, 9.17) is 4.98 Å². The SMILES string of the molecule is Cc1cc([C@@H](C)Nc2ccccc2C(=O)O)c2nc(-c3cn(C)cn3)c(C)c(=O)n2c1. The minimum atomic E-state index is -1.01. The van der Waals surface area contributed by atoms with E-state index in [0.29, 0.717) is 28.3 Å². The van der Waals surface area contributed by atoms with Crippen molar-refractivity contribution in [1.29, 1.82) is 0 Å². The molecule has 0 unspecified atom stereocenters. The summed E-state index contributed by atoms with van der Waals surface area (Å²) in [6.45, 7) is 5.58. The Balaban J connectivity index is 1.89. The van der Waals surface area contributed by atoms with Crippen LogP contribution < -0.4 is 10.9 Å². The molecule has 8 heteroatoms. The number of carboxylic acid groups (broad SMARTS) is 1. The number of benzene rings is 1. The summed E-state index contributed by atoms with van der Waals surface area (Å²) in [6.07, 6.45) is 5.26. The number of hydrogen-bond donors (Lipinski definition) is 2. The summed E-state index contributed by atoms with van der Waals surface area (Å²) >= 11 is 0. The lowest BCUT2D eigenvalue weighted by Gasteiger charge is -2.20. The molecule has 4 aromatic rings. The fourth-order valence-corrected chi connectivity index (χ4v) is 3.71. The number of hydrogen-bond acceptors (Lipinski definition) is 5. The summed E-state index contributed by atoms with van der Waals surface area (Å²) < 4.78 is 3.36. The Hall–Kier alpha value is -3.94. The van der Waals surface area contributed by atoms with Gasteiger partial charge in [-0.25, -0.2) is 14.8 Å². The van der Waals surface area contributed by atoms with Crippen molar-refractivity contribution in [2.24, 2.45) is 7.05 Å². The van der Waals surface area contributed by atoms with E-state index in [1.807, 2.05) is 33.2 Å². The number of imidazole rings is 1. The topological polar surface area (TPSA) is 102 Å². The van der Waals surface area contributed by atoms with Crippen LogP contribution in [-0.4, -0.2) is 30.0 Å². The van der Waals surface area contributed by atoms with Crippen LogP contribution >= 0.6 is 0 Å². The summed E-state index contributed by atoms with van der Waals surface area (Å²) in [5, 5.41) is 12.8. The van der Waals surface area contributed by atoms with Crippen molar-refractivity contribution in [3.05, 3.63) is 81.7 Å². The lowest BCUT2D eigenvalue weighted by Crippen LogP contribution is -2.22. The van der Waals surface area contributed by atoms with E-state index in [1.165, 1.54) is 0 Å². The second-order valence-corrected chi connectivity index (χ2v) is 7.70. The number of nitrogens with one attached hydrogen (secondary N) is 1. The molecule has 1 aromatic carbocycles. The van der Waals surface area contributed by atoms with E-state index in [9.17, 15) is 14.7 Å².